The van der Waals surface area contributed by atoms with E-state index in [1.807, 2.05) is 0 Å². The van der Waals surface area contributed by atoms with Crippen LogP contribution in [0.4, 0.5) is 0 Å². The van der Waals surface area contributed by atoms with E-state index in [4.69, 9.17) is 0 Å². The maximum Gasteiger partial charge on any atom is 0.0586 e. The standard InChI is InChI=1S/C11H23NO/c1-4-10-6-12(7-10)11(8-13)5-9(2)3/h9-11,13H,4-8H2,1-3H3. The molecule has 13 heavy (non-hydrogen) atoms. The Bertz CT molecular complexity index is 141. The van der Waals surface area contributed by atoms with E-state index in [0.29, 0.717) is 18.6 Å². The summed E-state index contributed by atoms with van der Waals surface area (Å²) in [6, 6.07) is 0.419. The van der Waals surface area contributed by atoms with Gasteiger partial charge in [0.25, 0.3) is 0 Å². The number of nitrogens with zero attached hydrogens (tertiary/aromatic N) is 1. The zero-order valence-corrected chi connectivity index (χ0v) is 9.16. The van der Waals surface area contributed by atoms with Gasteiger partial charge in [-0.15, -0.1) is 0 Å². The van der Waals surface area contributed by atoms with Crippen molar-refractivity contribution in [3.63, 3.8) is 0 Å². The van der Waals surface area contributed by atoms with E-state index in [2.05, 4.69) is 25.7 Å². The second-order valence-corrected chi connectivity index (χ2v) is 4.69. The molecule has 0 spiro atoms. The van der Waals surface area contributed by atoms with Crippen LogP contribution in [0.3, 0.4) is 0 Å². The molecule has 2 heteroatoms. The van der Waals surface area contributed by atoms with E-state index in [0.717, 1.165) is 12.3 Å². The summed E-state index contributed by atoms with van der Waals surface area (Å²) >= 11 is 0. The molecule has 0 aromatic rings. The van der Waals surface area contributed by atoms with Crippen LogP contribution in [0.5, 0.6) is 0 Å². The Balaban J connectivity index is 2.24. The first-order valence-electron chi connectivity index (χ1n) is 5.52. The van der Waals surface area contributed by atoms with E-state index in [1.165, 1.54) is 19.5 Å². The lowest BCUT2D eigenvalue weighted by molar-refractivity contribution is 0.0137. The first-order valence-corrected chi connectivity index (χ1v) is 5.52. The maximum atomic E-state index is 9.23. The molecule has 1 saturated heterocycles. The van der Waals surface area contributed by atoms with Crippen molar-refractivity contribution >= 4 is 0 Å². The van der Waals surface area contributed by atoms with Crippen molar-refractivity contribution < 1.29 is 5.11 Å². The van der Waals surface area contributed by atoms with Crippen LogP contribution in [0.2, 0.25) is 0 Å². The van der Waals surface area contributed by atoms with Gasteiger partial charge in [0.05, 0.1) is 6.61 Å². The summed E-state index contributed by atoms with van der Waals surface area (Å²) in [5.41, 5.74) is 0. The molecule has 1 unspecified atom stereocenters. The molecule has 0 saturated carbocycles. The Morgan fingerprint density at radius 1 is 1.38 bits per heavy atom. The lowest BCUT2D eigenvalue weighted by Gasteiger charge is -2.44. The molecule has 0 aromatic carbocycles. The average Bonchev–Trinajstić information content (AvgIpc) is 2.00. The van der Waals surface area contributed by atoms with Crippen molar-refractivity contribution in [2.75, 3.05) is 19.7 Å². The molecule has 0 amide bonds. The Morgan fingerprint density at radius 3 is 2.38 bits per heavy atom. The summed E-state index contributed by atoms with van der Waals surface area (Å²) in [4.78, 5) is 2.42. The number of rotatable bonds is 5. The average molecular weight is 185 g/mol. The second-order valence-electron chi connectivity index (χ2n) is 4.69. The molecule has 1 aliphatic heterocycles. The van der Waals surface area contributed by atoms with Crippen LogP contribution >= 0.6 is 0 Å². The molecular formula is C11H23NO. The molecule has 78 valence electrons. The first-order chi connectivity index (χ1) is 6.17. The number of hydrogen-bond donors (Lipinski definition) is 1. The lowest BCUT2D eigenvalue weighted by atomic mass is 9.92. The Hall–Kier alpha value is -0.0800. The summed E-state index contributed by atoms with van der Waals surface area (Å²) in [6.45, 7) is 9.43. The SMILES string of the molecule is CCC1CN(C(CO)CC(C)C)C1. The summed E-state index contributed by atoms with van der Waals surface area (Å²) in [7, 11) is 0. The molecular weight excluding hydrogens is 162 g/mol. The fourth-order valence-corrected chi connectivity index (χ4v) is 2.05. The monoisotopic (exact) mass is 185 g/mol. The van der Waals surface area contributed by atoms with Crippen LogP contribution in [0, 0.1) is 11.8 Å². The fraction of sp³-hybridized carbons (Fsp3) is 1.00. The quantitative estimate of drug-likeness (QED) is 0.705. The molecule has 1 rings (SSSR count). The molecule has 0 aromatic heterocycles. The molecule has 0 aliphatic carbocycles. The number of hydrogen-bond acceptors (Lipinski definition) is 2. The van der Waals surface area contributed by atoms with Gasteiger partial charge < -0.3 is 5.11 Å². The molecule has 1 heterocycles. The van der Waals surface area contributed by atoms with Gasteiger partial charge in [-0.1, -0.05) is 27.2 Å². The minimum absolute atomic E-state index is 0.328. The van der Waals surface area contributed by atoms with Gasteiger partial charge in [0.2, 0.25) is 0 Å². The van der Waals surface area contributed by atoms with Crippen LogP contribution in [-0.2, 0) is 0 Å². The lowest BCUT2D eigenvalue weighted by Crippen LogP contribution is -2.53. The zero-order chi connectivity index (χ0) is 9.84. The third-order valence-electron chi connectivity index (χ3n) is 3.03. The van der Waals surface area contributed by atoms with E-state index < -0.39 is 0 Å². The minimum Gasteiger partial charge on any atom is -0.395 e. The van der Waals surface area contributed by atoms with Gasteiger partial charge in [-0.2, -0.15) is 0 Å². The topological polar surface area (TPSA) is 23.5 Å². The van der Waals surface area contributed by atoms with Crippen LogP contribution in [-0.4, -0.2) is 35.7 Å². The van der Waals surface area contributed by atoms with E-state index in [1.54, 1.807) is 0 Å². The summed E-state index contributed by atoms with van der Waals surface area (Å²) < 4.78 is 0. The predicted octanol–water partition coefficient (Wildman–Crippen LogP) is 1.74. The van der Waals surface area contributed by atoms with Crippen molar-refractivity contribution in [2.24, 2.45) is 11.8 Å². The minimum atomic E-state index is 0.328. The van der Waals surface area contributed by atoms with Gasteiger partial charge in [-0.3, -0.25) is 4.90 Å². The van der Waals surface area contributed by atoms with Gasteiger partial charge in [-0.25, -0.2) is 0 Å². The Morgan fingerprint density at radius 2 is 2.00 bits per heavy atom. The highest BCUT2D eigenvalue weighted by Gasteiger charge is 2.30. The van der Waals surface area contributed by atoms with Crippen molar-refractivity contribution in [3.8, 4) is 0 Å². The second kappa shape index (κ2) is 4.97. The molecule has 2 nitrogen and oxygen atoms in total. The summed E-state index contributed by atoms with van der Waals surface area (Å²) in [6.07, 6.45) is 2.42. The van der Waals surface area contributed by atoms with Gasteiger partial charge in [0, 0.05) is 19.1 Å². The Labute approximate surface area is 81.9 Å². The normalized spacial score (nSPS) is 21.9. The molecule has 0 bridgehead atoms. The summed E-state index contributed by atoms with van der Waals surface area (Å²) in [5, 5.41) is 9.23. The van der Waals surface area contributed by atoms with Crippen LogP contribution in [0.25, 0.3) is 0 Å². The van der Waals surface area contributed by atoms with E-state index in [9.17, 15) is 5.11 Å². The molecule has 1 N–H and O–H groups in total. The van der Waals surface area contributed by atoms with Gasteiger partial charge in [-0.05, 0) is 18.3 Å². The van der Waals surface area contributed by atoms with Gasteiger partial charge in [0.1, 0.15) is 0 Å². The van der Waals surface area contributed by atoms with Crippen molar-refractivity contribution in [2.45, 2.75) is 39.7 Å². The van der Waals surface area contributed by atoms with E-state index >= 15 is 0 Å². The largest absolute Gasteiger partial charge is 0.395 e. The maximum absolute atomic E-state index is 9.23. The van der Waals surface area contributed by atoms with Crippen LogP contribution in [0.15, 0.2) is 0 Å². The number of aliphatic hydroxyl groups excluding tert-OH is 1. The van der Waals surface area contributed by atoms with Crippen molar-refractivity contribution in [1.82, 2.24) is 4.90 Å². The number of likely N-dealkylation sites (tertiary alicyclic amines) is 1. The van der Waals surface area contributed by atoms with Gasteiger partial charge >= 0.3 is 0 Å². The third kappa shape index (κ3) is 2.96. The van der Waals surface area contributed by atoms with Crippen molar-refractivity contribution in [3.05, 3.63) is 0 Å². The predicted molar refractivity (Wildman–Crippen MR) is 55.7 cm³/mol. The van der Waals surface area contributed by atoms with Crippen LogP contribution in [0.1, 0.15) is 33.6 Å². The van der Waals surface area contributed by atoms with Gasteiger partial charge in [0.15, 0.2) is 0 Å². The number of aliphatic hydroxyl groups is 1. The highest BCUT2D eigenvalue weighted by Crippen LogP contribution is 2.23. The fourth-order valence-electron chi connectivity index (χ4n) is 2.05. The molecule has 1 fully saturated rings. The smallest absolute Gasteiger partial charge is 0.0586 e. The molecule has 1 atom stereocenters. The highest BCUT2D eigenvalue weighted by molar-refractivity contribution is 4.84. The van der Waals surface area contributed by atoms with Crippen LogP contribution < -0.4 is 0 Å². The van der Waals surface area contributed by atoms with E-state index in [-0.39, 0.29) is 0 Å². The highest BCUT2D eigenvalue weighted by atomic mass is 16.3. The molecule has 0 radical (unpaired) electrons. The third-order valence-corrected chi connectivity index (χ3v) is 3.03. The summed E-state index contributed by atoms with van der Waals surface area (Å²) in [5.74, 6) is 1.58. The first kappa shape index (κ1) is 11.0. The Kier molecular flexibility index (Phi) is 4.20. The molecule has 1 aliphatic rings. The zero-order valence-electron chi connectivity index (χ0n) is 9.16. The van der Waals surface area contributed by atoms with Crippen molar-refractivity contribution in [1.29, 1.82) is 0 Å².